The lowest BCUT2D eigenvalue weighted by atomic mass is 9.89. The standard InChI is InChI=1S/C15H18N2O3/c1-19-15(20-2)9-8-11(12(16)14(15)17)13(18)10-6-4-3-5-7-10/h3-9,14H,16-17H2,1-2H3. The van der Waals surface area contributed by atoms with Crippen molar-refractivity contribution in [3.05, 3.63) is 59.3 Å². The van der Waals surface area contributed by atoms with Crippen LogP contribution in [0.5, 0.6) is 0 Å². The van der Waals surface area contributed by atoms with Crippen LogP contribution in [0.25, 0.3) is 0 Å². The zero-order valence-electron chi connectivity index (χ0n) is 11.5. The van der Waals surface area contributed by atoms with Gasteiger partial charge in [-0.2, -0.15) is 0 Å². The molecule has 1 atom stereocenters. The fourth-order valence-electron chi connectivity index (χ4n) is 2.21. The predicted molar refractivity (Wildman–Crippen MR) is 75.9 cm³/mol. The minimum atomic E-state index is -1.13. The summed E-state index contributed by atoms with van der Waals surface area (Å²) < 4.78 is 10.6. The number of hydrogen-bond donors (Lipinski definition) is 2. The van der Waals surface area contributed by atoms with Crippen LogP contribution in [0, 0.1) is 0 Å². The molecule has 0 spiro atoms. The van der Waals surface area contributed by atoms with Gasteiger partial charge >= 0.3 is 0 Å². The van der Waals surface area contributed by atoms with E-state index < -0.39 is 11.8 Å². The molecule has 0 saturated heterocycles. The maximum Gasteiger partial charge on any atom is 0.209 e. The topological polar surface area (TPSA) is 87.6 Å². The summed E-state index contributed by atoms with van der Waals surface area (Å²) in [5.41, 5.74) is 13.2. The Kier molecular flexibility index (Phi) is 4.04. The van der Waals surface area contributed by atoms with E-state index in [1.165, 1.54) is 14.2 Å². The van der Waals surface area contributed by atoms with Gasteiger partial charge < -0.3 is 20.9 Å². The molecule has 0 fully saturated rings. The van der Waals surface area contributed by atoms with Crippen molar-refractivity contribution < 1.29 is 14.3 Å². The lowest BCUT2D eigenvalue weighted by Crippen LogP contribution is -2.54. The summed E-state index contributed by atoms with van der Waals surface area (Å²) in [5, 5.41) is 0. The van der Waals surface area contributed by atoms with Crippen molar-refractivity contribution in [2.75, 3.05) is 14.2 Å². The first-order valence-electron chi connectivity index (χ1n) is 6.20. The number of rotatable bonds is 4. The number of ether oxygens (including phenoxy) is 2. The molecule has 0 bridgehead atoms. The third-order valence-corrected chi connectivity index (χ3v) is 3.48. The number of ketones is 1. The highest BCUT2D eigenvalue weighted by molar-refractivity contribution is 6.11. The van der Waals surface area contributed by atoms with E-state index in [1.54, 1.807) is 36.4 Å². The van der Waals surface area contributed by atoms with Crippen molar-refractivity contribution >= 4 is 5.78 Å². The van der Waals surface area contributed by atoms with E-state index in [9.17, 15) is 4.79 Å². The SMILES string of the molecule is COC1(OC)C=CC(C(=O)c2ccccc2)=C(N)C1N. The first-order chi connectivity index (χ1) is 9.55. The lowest BCUT2D eigenvalue weighted by Gasteiger charge is -2.36. The van der Waals surface area contributed by atoms with Gasteiger partial charge in [-0.1, -0.05) is 30.3 Å². The second-order valence-corrected chi connectivity index (χ2v) is 4.50. The number of carbonyl (C=O) groups is 1. The van der Waals surface area contributed by atoms with Gasteiger partial charge in [0.15, 0.2) is 5.78 Å². The Morgan fingerprint density at radius 3 is 2.35 bits per heavy atom. The van der Waals surface area contributed by atoms with Gasteiger partial charge in [-0.3, -0.25) is 4.79 Å². The molecule has 5 heteroatoms. The number of allylic oxidation sites excluding steroid dienone is 2. The van der Waals surface area contributed by atoms with Gasteiger partial charge in [0.1, 0.15) is 6.04 Å². The molecule has 0 aliphatic heterocycles. The van der Waals surface area contributed by atoms with E-state index in [4.69, 9.17) is 20.9 Å². The monoisotopic (exact) mass is 274 g/mol. The van der Waals surface area contributed by atoms with Crippen LogP contribution < -0.4 is 11.5 Å². The summed E-state index contributed by atoms with van der Waals surface area (Å²) in [6, 6.07) is 8.16. The molecule has 0 radical (unpaired) electrons. The van der Waals surface area contributed by atoms with Crippen molar-refractivity contribution in [1.82, 2.24) is 0 Å². The van der Waals surface area contributed by atoms with Gasteiger partial charge in [-0.15, -0.1) is 0 Å². The maximum absolute atomic E-state index is 12.4. The van der Waals surface area contributed by atoms with E-state index in [0.29, 0.717) is 11.1 Å². The van der Waals surface area contributed by atoms with Crippen LogP contribution in [-0.4, -0.2) is 31.8 Å². The van der Waals surface area contributed by atoms with Crippen LogP contribution in [0.3, 0.4) is 0 Å². The maximum atomic E-state index is 12.4. The van der Waals surface area contributed by atoms with Crippen LogP contribution in [0.1, 0.15) is 10.4 Å². The van der Waals surface area contributed by atoms with E-state index >= 15 is 0 Å². The molecule has 106 valence electrons. The number of nitrogens with two attached hydrogens (primary N) is 2. The zero-order valence-corrected chi connectivity index (χ0v) is 11.5. The van der Waals surface area contributed by atoms with Gasteiger partial charge in [-0.25, -0.2) is 0 Å². The van der Waals surface area contributed by atoms with Gasteiger partial charge in [0.2, 0.25) is 5.79 Å². The van der Waals surface area contributed by atoms with E-state index in [-0.39, 0.29) is 11.5 Å². The van der Waals surface area contributed by atoms with Gasteiger partial charge in [-0.05, 0) is 12.2 Å². The Labute approximate surface area is 117 Å². The summed E-state index contributed by atoms with van der Waals surface area (Å²) in [7, 11) is 2.95. The highest BCUT2D eigenvalue weighted by Gasteiger charge is 2.40. The van der Waals surface area contributed by atoms with Gasteiger partial charge in [0.25, 0.3) is 0 Å². The molecule has 0 aromatic heterocycles. The van der Waals surface area contributed by atoms with Gasteiger partial charge in [0, 0.05) is 31.1 Å². The summed E-state index contributed by atoms with van der Waals surface area (Å²) in [4.78, 5) is 12.4. The van der Waals surface area contributed by atoms with E-state index in [2.05, 4.69) is 0 Å². The van der Waals surface area contributed by atoms with Crippen molar-refractivity contribution in [1.29, 1.82) is 0 Å². The largest absolute Gasteiger partial charge is 0.400 e. The molecule has 5 nitrogen and oxygen atoms in total. The van der Waals surface area contributed by atoms with Crippen molar-refractivity contribution in [2.24, 2.45) is 11.5 Å². The van der Waals surface area contributed by atoms with Crippen molar-refractivity contribution in [3.63, 3.8) is 0 Å². The third-order valence-electron chi connectivity index (χ3n) is 3.48. The average molecular weight is 274 g/mol. The van der Waals surface area contributed by atoms with Crippen molar-refractivity contribution in [3.8, 4) is 0 Å². The van der Waals surface area contributed by atoms with Crippen LogP contribution in [0.4, 0.5) is 0 Å². The zero-order chi connectivity index (χ0) is 14.8. The van der Waals surface area contributed by atoms with Crippen molar-refractivity contribution in [2.45, 2.75) is 11.8 Å². The van der Waals surface area contributed by atoms with Gasteiger partial charge in [0.05, 0.1) is 0 Å². The Balaban J connectivity index is 2.38. The van der Waals surface area contributed by atoms with Crippen LogP contribution in [0.2, 0.25) is 0 Å². The van der Waals surface area contributed by atoms with Crippen LogP contribution >= 0.6 is 0 Å². The fourth-order valence-corrected chi connectivity index (χ4v) is 2.21. The Bertz CT molecular complexity index is 560. The summed E-state index contributed by atoms with van der Waals surface area (Å²) in [6.45, 7) is 0. The average Bonchev–Trinajstić information content (AvgIpc) is 2.51. The Morgan fingerprint density at radius 1 is 1.20 bits per heavy atom. The molecular weight excluding hydrogens is 256 g/mol. The Morgan fingerprint density at radius 2 is 1.80 bits per heavy atom. The highest BCUT2D eigenvalue weighted by Crippen LogP contribution is 2.28. The van der Waals surface area contributed by atoms with Crippen LogP contribution in [0.15, 0.2) is 53.8 Å². The van der Waals surface area contributed by atoms with E-state index in [1.807, 2.05) is 6.07 Å². The number of methoxy groups -OCH3 is 2. The number of carbonyl (C=O) groups excluding carboxylic acids is 1. The minimum absolute atomic E-state index is 0.171. The predicted octanol–water partition coefficient (Wildman–Crippen LogP) is 0.968. The molecule has 2 rings (SSSR count). The first kappa shape index (κ1) is 14.5. The molecule has 0 amide bonds. The first-order valence-corrected chi connectivity index (χ1v) is 6.20. The molecule has 20 heavy (non-hydrogen) atoms. The summed E-state index contributed by atoms with van der Waals surface area (Å²) >= 11 is 0. The Hall–Kier alpha value is -1.95. The second-order valence-electron chi connectivity index (χ2n) is 4.50. The quantitative estimate of drug-likeness (QED) is 0.631. The fraction of sp³-hybridized carbons (Fsp3) is 0.267. The molecule has 0 heterocycles. The molecule has 1 unspecified atom stereocenters. The third kappa shape index (κ3) is 2.27. The molecule has 1 aliphatic carbocycles. The normalized spacial score (nSPS) is 21.1. The minimum Gasteiger partial charge on any atom is -0.400 e. The number of hydrogen-bond acceptors (Lipinski definition) is 5. The number of Topliss-reactive ketones (excluding diaryl/α,β-unsaturated/α-hetero) is 1. The molecular formula is C15H18N2O3. The molecule has 4 N–H and O–H groups in total. The molecule has 1 aromatic carbocycles. The smallest absolute Gasteiger partial charge is 0.209 e. The molecule has 1 aliphatic rings. The second kappa shape index (κ2) is 5.58. The lowest BCUT2D eigenvalue weighted by molar-refractivity contribution is -0.178. The van der Waals surface area contributed by atoms with E-state index in [0.717, 1.165) is 0 Å². The molecule has 0 saturated carbocycles. The van der Waals surface area contributed by atoms with Crippen LogP contribution in [-0.2, 0) is 9.47 Å². The number of benzene rings is 1. The summed E-state index contributed by atoms with van der Waals surface area (Å²) in [5.74, 6) is -1.31. The summed E-state index contributed by atoms with van der Waals surface area (Å²) in [6.07, 6.45) is 3.21. The highest BCUT2D eigenvalue weighted by atomic mass is 16.7. The molecule has 1 aromatic rings.